The van der Waals surface area contributed by atoms with Crippen molar-refractivity contribution in [1.82, 2.24) is 29.7 Å². The van der Waals surface area contributed by atoms with Crippen molar-refractivity contribution in [3.63, 3.8) is 0 Å². The van der Waals surface area contributed by atoms with Gasteiger partial charge in [0, 0.05) is 22.8 Å². The molecule has 2 aromatic carbocycles. The molecule has 2 saturated heterocycles. The number of thiophene rings is 1. The lowest BCUT2D eigenvalue weighted by molar-refractivity contribution is 0.0208. The molecule has 2 amide bonds. The largest absolute Gasteiger partial charge is 0.444 e. The molecule has 2 fully saturated rings. The van der Waals surface area contributed by atoms with Gasteiger partial charge in [-0.2, -0.15) is 0 Å². The Labute approximate surface area is 290 Å². The van der Waals surface area contributed by atoms with Crippen LogP contribution in [0.4, 0.5) is 9.59 Å². The third-order valence-corrected chi connectivity index (χ3v) is 10.0. The minimum atomic E-state index is -0.540. The van der Waals surface area contributed by atoms with Gasteiger partial charge >= 0.3 is 12.2 Å². The van der Waals surface area contributed by atoms with E-state index in [1.807, 2.05) is 53.8 Å². The number of likely N-dealkylation sites (tertiary alicyclic amines) is 2. The second kappa shape index (κ2) is 12.7. The Kier molecular flexibility index (Phi) is 8.50. The molecular formula is C38H44N6O4S. The molecule has 2 atom stereocenters. The lowest BCUT2D eigenvalue weighted by Gasteiger charge is -2.27. The minimum absolute atomic E-state index is 0.116. The van der Waals surface area contributed by atoms with Crippen molar-refractivity contribution in [3.8, 4) is 32.1 Å². The van der Waals surface area contributed by atoms with Crippen molar-refractivity contribution in [2.75, 3.05) is 13.1 Å². The molecule has 2 aliphatic heterocycles. The SMILES string of the molecule is CC(C)(C)OC(=O)N1CCC[C@@H]1c1ncc(-c2ccc(-c3ccc(-c4ccc5nc([C@H]6CCCN6C(=O)OC(C)(C)C)[nH]c5c4)s3)cc2)[nH]1. The van der Waals surface area contributed by atoms with Crippen molar-refractivity contribution < 1.29 is 19.1 Å². The molecule has 7 rings (SSSR count). The van der Waals surface area contributed by atoms with Crippen LogP contribution < -0.4 is 0 Å². The summed E-state index contributed by atoms with van der Waals surface area (Å²) in [5.74, 6) is 1.59. The van der Waals surface area contributed by atoms with Crippen LogP contribution in [-0.2, 0) is 9.47 Å². The van der Waals surface area contributed by atoms with Gasteiger partial charge in [-0.3, -0.25) is 9.80 Å². The van der Waals surface area contributed by atoms with Gasteiger partial charge < -0.3 is 19.4 Å². The first-order chi connectivity index (χ1) is 23.3. The Balaban J connectivity index is 1.04. The number of carbonyl (C=O) groups excluding carboxylic acids is 2. The molecule has 0 spiro atoms. The van der Waals surface area contributed by atoms with E-state index in [1.165, 1.54) is 4.88 Å². The summed E-state index contributed by atoms with van der Waals surface area (Å²) in [6.45, 7) is 12.7. The second-order valence-corrected chi connectivity index (χ2v) is 16.0. The minimum Gasteiger partial charge on any atom is -0.444 e. The van der Waals surface area contributed by atoms with Crippen LogP contribution in [0.15, 0.2) is 60.8 Å². The van der Waals surface area contributed by atoms with Crippen LogP contribution >= 0.6 is 11.3 Å². The van der Waals surface area contributed by atoms with E-state index in [0.29, 0.717) is 13.1 Å². The Morgan fingerprint density at radius 3 is 1.90 bits per heavy atom. The lowest BCUT2D eigenvalue weighted by atomic mass is 10.1. The third kappa shape index (κ3) is 7.08. The van der Waals surface area contributed by atoms with E-state index in [2.05, 4.69) is 63.5 Å². The van der Waals surface area contributed by atoms with Crippen molar-refractivity contribution in [2.45, 2.75) is 90.5 Å². The van der Waals surface area contributed by atoms with Crippen LogP contribution in [-0.4, -0.2) is 66.2 Å². The maximum absolute atomic E-state index is 12.9. The highest BCUT2D eigenvalue weighted by Crippen LogP contribution is 2.38. The normalized spacial score (nSPS) is 18.4. The van der Waals surface area contributed by atoms with Crippen LogP contribution in [0.1, 0.15) is 91.0 Å². The number of amides is 2. The van der Waals surface area contributed by atoms with Crippen LogP contribution in [0.5, 0.6) is 0 Å². The van der Waals surface area contributed by atoms with Crippen molar-refractivity contribution in [3.05, 3.63) is 72.4 Å². The zero-order valence-electron chi connectivity index (χ0n) is 29.0. The number of imidazole rings is 2. The number of aromatic nitrogens is 4. The van der Waals surface area contributed by atoms with E-state index in [1.54, 1.807) is 21.1 Å². The fourth-order valence-electron chi connectivity index (χ4n) is 6.64. The van der Waals surface area contributed by atoms with Crippen LogP contribution in [0.3, 0.4) is 0 Å². The molecule has 5 aromatic rings. The summed E-state index contributed by atoms with van der Waals surface area (Å²) in [5, 5.41) is 0. The van der Waals surface area contributed by atoms with Gasteiger partial charge in [-0.25, -0.2) is 19.6 Å². The van der Waals surface area contributed by atoms with Crippen molar-refractivity contribution >= 4 is 34.6 Å². The topological polar surface area (TPSA) is 116 Å². The summed E-state index contributed by atoms with van der Waals surface area (Å²) in [6, 6.07) is 18.9. The Hall–Kier alpha value is -4.64. The first-order valence-electron chi connectivity index (χ1n) is 17.1. The van der Waals surface area contributed by atoms with Gasteiger partial charge in [0.25, 0.3) is 0 Å². The third-order valence-electron chi connectivity index (χ3n) is 8.86. The molecule has 0 unspecified atom stereocenters. The molecule has 256 valence electrons. The van der Waals surface area contributed by atoms with Gasteiger partial charge in [-0.1, -0.05) is 30.3 Å². The monoisotopic (exact) mass is 680 g/mol. The average Bonchev–Trinajstić information content (AvgIpc) is 3.87. The Morgan fingerprint density at radius 2 is 1.29 bits per heavy atom. The predicted octanol–water partition coefficient (Wildman–Crippen LogP) is 9.49. The highest BCUT2D eigenvalue weighted by molar-refractivity contribution is 7.18. The molecule has 49 heavy (non-hydrogen) atoms. The molecular weight excluding hydrogens is 637 g/mol. The first kappa shape index (κ1) is 32.9. The van der Waals surface area contributed by atoms with Gasteiger partial charge in [0.1, 0.15) is 22.9 Å². The molecule has 0 saturated carbocycles. The number of aromatic amines is 2. The van der Waals surface area contributed by atoms with Crippen LogP contribution in [0.2, 0.25) is 0 Å². The summed E-state index contributed by atoms with van der Waals surface area (Å²) in [5.41, 5.74) is 4.97. The van der Waals surface area contributed by atoms with Gasteiger partial charge in [0.15, 0.2) is 0 Å². The molecule has 11 heteroatoms. The van der Waals surface area contributed by atoms with E-state index in [9.17, 15) is 9.59 Å². The standard InChI is InChI=1S/C38H44N6O4S/c1-37(2,3)47-35(45)43-19-7-9-29(43)33-39-22-28(42-33)23-11-13-24(14-12-23)31-17-18-32(49-31)25-15-16-26-27(21-25)41-34(40-26)30-10-8-20-44(30)36(46)48-38(4,5)6/h11-18,21-22,29-30H,7-10,19-20H2,1-6H3,(H,39,42)(H,40,41)/t29-,30-/m1/s1. The quantitative estimate of drug-likeness (QED) is 0.191. The lowest BCUT2D eigenvalue weighted by Crippen LogP contribution is -2.36. The number of nitrogens with zero attached hydrogens (tertiary/aromatic N) is 4. The number of H-pyrrole nitrogens is 2. The molecule has 2 aliphatic rings. The molecule has 0 bridgehead atoms. The van der Waals surface area contributed by atoms with Gasteiger partial charge in [-0.15, -0.1) is 11.3 Å². The number of hydrogen-bond donors (Lipinski definition) is 2. The molecule has 0 aliphatic carbocycles. The van der Waals surface area contributed by atoms with E-state index < -0.39 is 11.2 Å². The number of benzene rings is 2. The molecule has 5 heterocycles. The fourth-order valence-corrected chi connectivity index (χ4v) is 7.64. The first-order valence-corrected chi connectivity index (χ1v) is 17.9. The van der Waals surface area contributed by atoms with Crippen molar-refractivity contribution in [2.24, 2.45) is 0 Å². The summed E-state index contributed by atoms with van der Waals surface area (Å²) in [4.78, 5) is 48.1. The van der Waals surface area contributed by atoms with E-state index >= 15 is 0 Å². The van der Waals surface area contributed by atoms with Gasteiger partial charge in [0.2, 0.25) is 0 Å². The number of fused-ring (bicyclic) bond motifs is 1. The average molecular weight is 681 g/mol. The summed E-state index contributed by atoms with van der Waals surface area (Å²) in [7, 11) is 0. The highest BCUT2D eigenvalue weighted by atomic mass is 32.1. The number of nitrogens with one attached hydrogen (secondary N) is 2. The van der Waals surface area contributed by atoms with Gasteiger partial charge in [0.05, 0.1) is 35.0 Å². The van der Waals surface area contributed by atoms with Gasteiger partial charge in [-0.05, 0) is 108 Å². The number of rotatable bonds is 5. The Morgan fingerprint density at radius 1 is 0.735 bits per heavy atom. The van der Waals surface area contributed by atoms with E-state index in [0.717, 1.165) is 75.6 Å². The summed E-state index contributed by atoms with van der Waals surface area (Å²) in [6.07, 6.45) is 4.81. The number of carbonyl (C=O) groups is 2. The second-order valence-electron chi connectivity index (χ2n) is 14.9. The summed E-state index contributed by atoms with van der Waals surface area (Å²) < 4.78 is 11.3. The van der Waals surface area contributed by atoms with E-state index in [4.69, 9.17) is 14.5 Å². The molecule has 3 aromatic heterocycles. The number of ether oxygens (including phenoxy) is 2. The smallest absolute Gasteiger partial charge is 0.410 e. The van der Waals surface area contributed by atoms with E-state index in [-0.39, 0.29) is 24.3 Å². The molecule has 0 radical (unpaired) electrons. The van der Waals surface area contributed by atoms with Crippen LogP contribution in [0.25, 0.3) is 43.2 Å². The summed E-state index contributed by atoms with van der Waals surface area (Å²) >= 11 is 1.75. The predicted molar refractivity (Wildman–Crippen MR) is 192 cm³/mol. The maximum Gasteiger partial charge on any atom is 0.410 e. The number of hydrogen-bond acceptors (Lipinski definition) is 7. The molecule has 2 N–H and O–H groups in total. The van der Waals surface area contributed by atoms with Crippen LogP contribution in [0, 0.1) is 0 Å². The highest BCUT2D eigenvalue weighted by Gasteiger charge is 2.36. The molecule has 10 nitrogen and oxygen atoms in total. The Bertz CT molecular complexity index is 1980. The van der Waals surface area contributed by atoms with Crippen molar-refractivity contribution in [1.29, 1.82) is 0 Å². The zero-order chi connectivity index (χ0) is 34.5. The maximum atomic E-state index is 12.9. The fraction of sp³-hybridized carbons (Fsp3) is 0.421. The zero-order valence-corrected chi connectivity index (χ0v) is 29.8.